The molecule has 0 aromatic heterocycles. The van der Waals surface area contributed by atoms with Crippen molar-refractivity contribution in [3.8, 4) is 5.75 Å². The largest absolute Gasteiger partial charge is 0.489 e. The van der Waals surface area contributed by atoms with Gasteiger partial charge in [-0.15, -0.1) is 0 Å². The molecule has 1 aromatic carbocycles. The second-order valence-electron chi connectivity index (χ2n) is 5.44. The first kappa shape index (κ1) is 13.7. The van der Waals surface area contributed by atoms with Gasteiger partial charge in [0.1, 0.15) is 12.2 Å². The number of carbonyl (C=O) groups excluding carboxylic acids is 1. The lowest BCUT2D eigenvalue weighted by Gasteiger charge is -2.32. The van der Waals surface area contributed by atoms with Crippen LogP contribution in [-0.2, 0) is 0 Å². The number of hydrogen-bond donors (Lipinski definition) is 2. The van der Waals surface area contributed by atoms with E-state index >= 15 is 0 Å². The molecule has 0 spiro atoms. The number of carboxylic acid groups (broad SMARTS) is 1. The predicted molar refractivity (Wildman–Crippen MR) is 77.0 cm³/mol. The molecule has 0 saturated heterocycles. The molecular weight excluding hydrogens is 272 g/mol. The van der Waals surface area contributed by atoms with Crippen molar-refractivity contribution in [2.75, 3.05) is 24.6 Å². The zero-order valence-electron chi connectivity index (χ0n) is 11.7. The molecule has 3 rings (SSSR count). The molecule has 1 aromatic rings. The van der Waals surface area contributed by atoms with E-state index in [2.05, 4.69) is 5.32 Å². The van der Waals surface area contributed by atoms with Gasteiger partial charge in [-0.1, -0.05) is 12.5 Å². The lowest BCUT2D eigenvalue weighted by molar-refractivity contribution is 0.0692. The second kappa shape index (κ2) is 5.63. The number of fused-ring (bicyclic) bond motifs is 1. The third kappa shape index (κ3) is 2.66. The number of nitrogens with one attached hydrogen (secondary N) is 1. The number of amides is 2. The maximum absolute atomic E-state index is 12.3. The molecule has 0 unspecified atom stereocenters. The second-order valence-corrected chi connectivity index (χ2v) is 5.44. The van der Waals surface area contributed by atoms with Gasteiger partial charge in [0.25, 0.3) is 0 Å². The zero-order chi connectivity index (χ0) is 14.8. The van der Waals surface area contributed by atoms with E-state index in [9.17, 15) is 14.7 Å². The number of hydrogen-bond acceptors (Lipinski definition) is 3. The van der Waals surface area contributed by atoms with Gasteiger partial charge in [-0.2, -0.15) is 0 Å². The van der Waals surface area contributed by atoms with E-state index in [1.165, 1.54) is 25.3 Å². The summed E-state index contributed by atoms with van der Waals surface area (Å²) in [4.78, 5) is 25.1. The summed E-state index contributed by atoms with van der Waals surface area (Å²) in [7, 11) is 0. The number of urea groups is 1. The number of aromatic carboxylic acids is 1. The number of para-hydroxylation sites is 1. The van der Waals surface area contributed by atoms with Crippen molar-refractivity contribution in [2.45, 2.75) is 19.3 Å². The first-order valence-corrected chi connectivity index (χ1v) is 7.21. The predicted octanol–water partition coefficient (Wildman–Crippen LogP) is 2.09. The number of anilines is 1. The van der Waals surface area contributed by atoms with Gasteiger partial charge in [0.05, 0.1) is 12.2 Å². The van der Waals surface area contributed by atoms with Gasteiger partial charge in [0, 0.05) is 6.54 Å². The molecular formula is C15H18N2O4. The van der Waals surface area contributed by atoms with Gasteiger partial charge in [0.15, 0.2) is 5.75 Å². The van der Waals surface area contributed by atoms with E-state index in [0.717, 1.165) is 0 Å². The normalized spacial score (nSPS) is 17.4. The van der Waals surface area contributed by atoms with E-state index < -0.39 is 5.97 Å². The molecule has 2 aliphatic rings. The van der Waals surface area contributed by atoms with Gasteiger partial charge in [0.2, 0.25) is 0 Å². The van der Waals surface area contributed by atoms with Crippen molar-refractivity contribution in [1.82, 2.24) is 5.32 Å². The van der Waals surface area contributed by atoms with E-state index in [1.54, 1.807) is 17.0 Å². The topological polar surface area (TPSA) is 78.9 Å². The standard InChI is InChI=1S/C15H18N2O4/c18-14(19)11-5-2-6-12-13(11)21-8-7-17(12)15(20)16-9-10-3-1-4-10/h2,5-6,10H,1,3-4,7-9H2,(H,16,20)(H,18,19). The number of carbonyl (C=O) groups is 2. The van der Waals surface area contributed by atoms with Gasteiger partial charge in [-0.25, -0.2) is 9.59 Å². The molecule has 1 saturated carbocycles. The van der Waals surface area contributed by atoms with E-state index in [-0.39, 0.29) is 17.3 Å². The van der Waals surface area contributed by atoms with Crippen LogP contribution < -0.4 is 15.0 Å². The monoisotopic (exact) mass is 290 g/mol. The fraction of sp³-hybridized carbons (Fsp3) is 0.467. The Bertz CT molecular complexity index is 569. The van der Waals surface area contributed by atoms with Gasteiger partial charge < -0.3 is 15.2 Å². The van der Waals surface area contributed by atoms with Crippen LogP contribution in [0.5, 0.6) is 5.75 Å². The number of carboxylic acids is 1. The van der Waals surface area contributed by atoms with Crippen molar-refractivity contribution in [1.29, 1.82) is 0 Å². The Hall–Kier alpha value is -2.24. The maximum atomic E-state index is 12.3. The van der Waals surface area contributed by atoms with E-state index in [0.29, 0.717) is 31.3 Å². The van der Waals surface area contributed by atoms with Gasteiger partial charge in [-0.3, -0.25) is 4.90 Å². The lowest BCUT2D eigenvalue weighted by atomic mass is 9.85. The minimum absolute atomic E-state index is 0.0870. The maximum Gasteiger partial charge on any atom is 0.339 e. The minimum atomic E-state index is -1.05. The lowest BCUT2D eigenvalue weighted by Crippen LogP contribution is -2.46. The summed E-state index contributed by atoms with van der Waals surface area (Å²) in [5.74, 6) is -0.196. The first-order chi connectivity index (χ1) is 10.2. The Morgan fingerprint density at radius 2 is 2.19 bits per heavy atom. The smallest absolute Gasteiger partial charge is 0.339 e. The Morgan fingerprint density at radius 1 is 1.38 bits per heavy atom. The van der Waals surface area contributed by atoms with Gasteiger partial charge >= 0.3 is 12.0 Å². The molecule has 2 amide bonds. The van der Waals surface area contributed by atoms with E-state index in [1.807, 2.05) is 0 Å². The van der Waals surface area contributed by atoms with Crippen LogP contribution in [0.1, 0.15) is 29.6 Å². The average Bonchev–Trinajstić information content (AvgIpc) is 2.44. The van der Waals surface area contributed by atoms with Crippen LogP contribution in [0.3, 0.4) is 0 Å². The molecule has 0 radical (unpaired) electrons. The Balaban J connectivity index is 1.77. The number of rotatable bonds is 3. The molecule has 6 heteroatoms. The molecule has 0 bridgehead atoms. The Morgan fingerprint density at radius 3 is 2.86 bits per heavy atom. The Labute approximate surface area is 122 Å². The van der Waals surface area contributed by atoms with Crippen LogP contribution in [0.4, 0.5) is 10.5 Å². The molecule has 21 heavy (non-hydrogen) atoms. The molecule has 112 valence electrons. The third-order valence-corrected chi connectivity index (χ3v) is 4.09. The average molecular weight is 290 g/mol. The highest BCUT2D eigenvalue weighted by molar-refractivity contribution is 5.99. The van der Waals surface area contributed by atoms with Crippen molar-refractivity contribution < 1.29 is 19.4 Å². The molecule has 1 heterocycles. The van der Waals surface area contributed by atoms with Crippen molar-refractivity contribution in [3.05, 3.63) is 23.8 Å². The summed E-state index contributed by atoms with van der Waals surface area (Å²) >= 11 is 0. The molecule has 0 atom stereocenters. The fourth-order valence-electron chi connectivity index (χ4n) is 2.65. The number of nitrogens with zero attached hydrogens (tertiary/aromatic N) is 1. The summed E-state index contributed by atoms with van der Waals surface area (Å²) in [5, 5.41) is 12.1. The SMILES string of the molecule is O=C(O)c1cccc2c1OCCN2C(=O)NCC1CCC1. The first-order valence-electron chi connectivity index (χ1n) is 7.21. The highest BCUT2D eigenvalue weighted by Crippen LogP contribution is 2.35. The van der Waals surface area contributed by atoms with Crippen molar-refractivity contribution in [3.63, 3.8) is 0 Å². The van der Waals surface area contributed by atoms with Crippen LogP contribution in [0.15, 0.2) is 18.2 Å². The minimum Gasteiger partial charge on any atom is -0.489 e. The summed E-state index contributed by atoms with van der Waals surface area (Å²) in [5.41, 5.74) is 0.608. The molecule has 6 nitrogen and oxygen atoms in total. The van der Waals surface area contributed by atoms with Crippen molar-refractivity contribution in [2.24, 2.45) is 5.92 Å². The number of ether oxygens (including phenoxy) is 1. The fourth-order valence-corrected chi connectivity index (χ4v) is 2.65. The third-order valence-electron chi connectivity index (χ3n) is 4.09. The molecule has 1 fully saturated rings. The van der Waals surface area contributed by atoms with Crippen LogP contribution in [0.25, 0.3) is 0 Å². The van der Waals surface area contributed by atoms with Crippen molar-refractivity contribution >= 4 is 17.7 Å². The quantitative estimate of drug-likeness (QED) is 0.893. The van der Waals surface area contributed by atoms with E-state index in [4.69, 9.17) is 4.74 Å². The summed E-state index contributed by atoms with van der Waals surface area (Å²) in [6.45, 7) is 1.41. The van der Waals surface area contributed by atoms with Crippen LogP contribution >= 0.6 is 0 Å². The Kier molecular flexibility index (Phi) is 3.68. The molecule has 2 N–H and O–H groups in total. The summed E-state index contributed by atoms with van der Waals surface area (Å²) in [6, 6.07) is 4.64. The summed E-state index contributed by atoms with van der Waals surface area (Å²) in [6.07, 6.45) is 3.58. The van der Waals surface area contributed by atoms with Crippen LogP contribution in [0, 0.1) is 5.92 Å². The highest BCUT2D eigenvalue weighted by Gasteiger charge is 2.28. The number of benzene rings is 1. The summed E-state index contributed by atoms with van der Waals surface area (Å²) < 4.78 is 5.45. The van der Waals surface area contributed by atoms with Crippen LogP contribution in [0.2, 0.25) is 0 Å². The zero-order valence-corrected chi connectivity index (χ0v) is 11.7. The highest BCUT2D eigenvalue weighted by atomic mass is 16.5. The molecule has 1 aliphatic heterocycles. The van der Waals surface area contributed by atoms with Gasteiger partial charge in [-0.05, 0) is 30.9 Å². The van der Waals surface area contributed by atoms with Crippen LogP contribution in [-0.4, -0.2) is 36.8 Å². The molecule has 1 aliphatic carbocycles.